The average molecular weight is 325 g/mol. The van der Waals surface area contributed by atoms with Crippen molar-refractivity contribution in [3.05, 3.63) is 56.8 Å². The van der Waals surface area contributed by atoms with Crippen molar-refractivity contribution in [1.82, 2.24) is 5.32 Å². The van der Waals surface area contributed by atoms with Crippen molar-refractivity contribution in [2.75, 3.05) is 12.3 Å². The van der Waals surface area contributed by atoms with Gasteiger partial charge in [-0.05, 0) is 48.0 Å². The largest absolute Gasteiger partial charge is 0.306 e. The number of hydrogen-bond acceptors (Lipinski definition) is 3. The fourth-order valence-electron chi connectivity index (χ4n) is 2.64. The Morgan fingerprint density at radius 2 is 1.95 bits per heavy atom. The zero-order chi connectivity index (χ0) is 14.8. The minimum absolute atomic E-state index is 0.138. The van der Waals surface area contributed by atoms with Gasteiger partial charge in [-0.2, -0.15) is 11.8 Å². The summed E-state index contributed by atoms with van der Waals surface area (Å²) in [5, 5.41) is 3.35. The molecule has 0 amide bonds. The predicted molar refractivity (Wildman–Crippen MR) is 86.1 cm³/mol. The zero-order valence-electron chi connectivity index (χ0n) is 11.8. The van der Waals surface area contributed by atoms with E-state index in [0.717, 1.165) is 35.4 Å². The smallest absolute Gasteiger partial charge is 0.126 e. The van der Waals surface area contributed by atoms with E-state index in [1.165, 1.54) is 22.6 Å². The summed E-state index contributed by atoms with van der Waals surface area (Å²) in [5.74, 6) is 1.16. The van der Waals surface area contributed by atoms with E-state index < -0.39 is 11.6 Å². The second kappa shape index (κ2) is 6.46. The van der Waals surface area contributed by atoms with Gasteiger partial charge in [-0.3, -0.25) is 0 Å². The molecule has 1 unspecified atom stereocenters. The van der Waals surface area contributed by atoms with E-state index in [1.54, 1.807) is 11.3 Å². The number of rotatable bonds is 4. The molecule has 1 N–H and O–H groups in total. The summed E-state index contributed by atoms with van der Waals surface area (Å²) in [5.41, 5.74) is 2.03. The number of nitrogens with one attached hydrogen (secondary N) is 1. The molecule has 2 aromatic rings. The van der Waals surface area contributed by atoms with Crippen molar-refractivity contribution in [3.63, 3.8) is 0 Å². The Morgan fingerprint density at radius 3 is 2.62 bits per heavy atom. The summed E-state index contributed by atoms with van der Waals surface area (Å²) in [6.07, 6.45) is 1.10. The van der Waals surface area contributed by atoms with Crippen molar-refractivity contribution in [3.8, 4) is 0 Å². The maximum atomic E-state index is 13.5. The van der Waals surface area contributed by atoms with E-state index in [1.807, 2.05) is 18.7 Å². The molecule has 1 aromatic heterocycles. The molecule has 0 aliphatic carbocycles. The molecule has 0 bridgehead atoms. The third kappa shape index (κ3) is 3.30. The summed E-state index contributed by atoms with van der Waals surface area (Å²) in [4.78, 5) is 2.57. The zero-order valence-corrected chi connectivity index (χ0v) is 13.4. The summed E-state index contributed by atoms with van der Waals surface area (Å²) in [7, 11) is 0. The fraction of sp³-hybridized carbons (Fsp3) is 0.375. The fourth-order valence-corrected chi connectivity index (χ4v) is 5.12. The number of aryl methyl sites for hydroxylation is 1. The minimum atomic E-state index is -0.523. The molecule has 1 atom stereocenters. The molecular weight excluding hydrogens is 308 g/mol. The van der Waals surface area contributed by atoms with Crippen LogP contribution >= 0.6 is 23.1 Å². The molecule has 1 nitrogen and oxygen atoms in total. The standard InChI is InChI=1S/C16H17F2NS2/c1-2-19-16(10-5-12(17)8-13(18)6-10)15-7-11-9-20-4-3-14(11)21-15/h5-8,16,19H,2-4,9H2,1H3. The summed E-state index contributed by atoms with van der Waals surface area (Å²) < 4.78 is 27.0. The first-order valence-electron chi connectivity index (χ1n) is 7.06. The van der Waals surface area contributed by atoms with Crippen molar-refractivity contribution in [2.24, 2.45) is 0 Å². The maximum Gasteiger partial charge on any atom is 0.126 e. The average Bonchev–Trinajstić information content (AvgIpc) is 2.87. The minimum Gasteiger partial charge on any atom is -0.306 e. The van der Waals surface area contributed by atoms with Crippen molar-refractivity contribution >= 4 is 23.1 Å². The Hall–Kier alpha value is -0.910. The molecule has 112 valence electrons. The van der Waals surface area contributed by atoms with Crippen LogP contribution in [-0.4, -0.2) is 12.3 Å². The van der Waals surface area contributed by atoms with Gasteiger partial charge >= 0.3 is 0 Å². The van der Waals surface area contributed by atoms with E-state index in [9.17, 15) is 8.78 Å². The number of hydrogen-bond donors (Lipinski definition) is 1. The van der Waals surface area contributed by atoms with E-state index in [0.29, 0.717) is 5.56 Å². The summed E-state index contributed by atoms with van der Waals surface area (Å²) >= 11 is 3.71. The van der Waals surface area contributed by atoms with Crippen LogP contribution in [0.4, 0.5) is 8.78 Å². The van der Waals surface area contributed by atoms with Gasteiger partial charge in [0, 0.05) is 21.6 Å². The second-order valence-electron chi connectivity index (χ2n) is 5.09. The van der Waals surface area contributed by atoms with Gasteiger partial charge in [0.15, 0.2) is 0 Å². The maximum absolute atomic E-state index is 13.5. The van der Waals surface area contributed by atoms with Crippen LogP contribution in [0.1, 0.15) is 33.8 Å². The molecule has 0 radical (unpaired) electrons. The molecule has 0 saturated heterocycles. The molecule has 21 heavy (non-hydrogen) atoms. The first kappa shape index (κ1) is 15.0. The highest BCUT2D eigenvalue weighted by Crippen LogP contribution is 2.36. The van der Waals surface area contributed by atoms with Crippen LogP contribution in [0, 0.1) is 11.6 Å². The van der Waals surface area contributed by atoms with Crippen LogP contribution in [-0.2, 0) is 12.2 Å². The van der Waals surface area contributed by atoms with Gasteiger partial charge < -0.3 is 5.32 Å². The van der Waals surface area contributed by atoms with Gasteiger partial charge in [-0.15, -0.1) is 11.3 Å². The summed E-state index contributed by atoms with van der Waals surface area (Å²) in [6.45, 7) is 2.76. The highest BCUT2D eigenvalue weighted by molar-refractivity contribution is 7.98. The highest BCUT2D eigenvalue weighted by atomic mass is 32.2. The van der Waals surface area contributed by atoms with Gasteiger partial charge in [0.25, 0.3) is 0 Å². The third-order valence-electron chi connectivity index (χ3n) is 3.56. The number of fused-ring (bicyclic) bond motifs is 1. The Bertz CT molecular complexity index is 595. The Morgan fingerprint density at radius 1 is 1.19 bits per heavy atom. The van der Waals surface area contributed by atoms with Gasteiger partial charge in [-0.1, -0.05) is 6.92 Å². The van der Waals surface area contributed by atoms with E-state index >= 15 is 0 Å². The molecular formula is C16H17F2NS2. The Labute approximate surface area is 131 Å². The molecule has 1 aliphatic rings. The van der Waals surface area contributed by atoms with E-state index in [2.05, 4.69) is 11.4 Å². The predicted octanol–water partition coefficient (Wildman–Crippen LogP) is 4.51. The van der Waals surface area contributed by atoms with E-state index in [-0.39, 0.29) is 6.04 Å². The monoisotopic (exact) mass is 325 g/mol. The quantitative estimate of drug-likeness (QED) is 0.887. The van der Waals surface area contributed by atoms with Crippen molar-refractivity contribution in [2.45, 2.75) is 25.1 Å². The Balaban J connectivity index is 1.98. The van der Waals surface area contributed by atoms with Gasteiger partial charge in [0.2, 0.25) is 0 Å². The molecule has 2 heterocycles. The number of thioether (sulfide) groups is 1. The van der Waals surface area contributed by atoms with Crippen LogP contribution in [0.15, 0.2) is 24.3 Å². The highest BCUT2D eigenvalue weighted by Gasteiger charge is 2.21. The van der Waals surface area contributed by atoms with Gasteiger partial charge in [0.1, 0.15) is 11.6 Å². The normalized spacial score (nSPS) is 15.8. The van der Waals surface area contributed by atoms with Crippen LogP contribution in [0.5, 0.6) is 0 Å². The van der Waals surface area contributed by atoms with E-state index in [4.69, 9.17) is 0 Å². The summed E-state index contributed by atoms with van der Waals surface area (Å²) in [6, 6.07) is 5.82. The lowest BCUT2D eigenvalue weighted by atomic mass is 10.0. The first-order chi connectivity index (χ1) is 10.2. The molecule has 1 aromatic carbocycles. The molecule has 5 heteroatoms. The topological polar surface area (TPSA) is 12.0 Å². The Kier molecular flexibility index (Phi) is 4.62. The number of benzene rings is 1. The lowest BCUT2D eigenvalue weighted by Crippen LogP contribution is -2.21. The van der Waals surface area contributed by atoms with Gasteiger partial charge in [0.05, 0.1) is 6.04 Å². The van der Waals surface area contributed by atoms with Crippen LogP contribution < -0.4 is 5.32 Å². The van der Waals surface area contributed by atoms with Crippen LogP contribution in [0.3, 0.4) is 0 Å². The lowest BCUT2D eigenvalue weighted by Gasteiger charge is -2.17. The van der Waals surface area contributed by atoms with Crippen molar-refractivity contribution in [1.29, 1.82) is 0 Å². The van der Waals surface area contributed by atoms with Crippen LogP contribution in [0.2, 0.25) is 0 Å². The number of thiophene rings is 1. The van der Waals surface area contributed by atoms with Gasteiger partial charge in [-0.25, -0.2) is 8.78 Å². The molecule has 0 fully saturated rings. The third-order valence-corrected chi connectivity index (χ3v) is 5.87. The molecule has 3 rings (SSSR count). The second-order valence-corrected chi connectivity index (χ2v) is 7.37. The SMILES string of the molecule is CCNC(c1cc(F)cc(F)c1)c1cc2c(s1)CCSC2. The molecule has 0 spiro atoms. The van der Waals surface area contributed by atoms with Crippen LogP contribution in [0.25, 0.3) is 0 Å². The lowest BCUT2D eigenvalue weighted by molar-refractivity contribution is 0.567. The van der Waals surface area contributed by atoms with Crippen molar-refractivity contribution < 1.29 is 8.78 Å². The first-order valence-corrected chi connectivity index (χ1v) is 9.03. The molecule has 1 aliphatic heterocycles. The molecule has 0 saturated carbocycles. The number of halogens is 2.